The summed E-state index contributed by atoms with van der Waals surface area (Å²) >= 11 is 0. The normalized spacial score (nSPS) is 10.5. The van der Waals surface area contributed by atoms with Crippen LogP contribution in [0.1, 0.15) is 71.3 Å². The minimum atomic E-state index is -4.70. The number of ether oxygens (including phenoxy) is 1. The van der Waals surface area contributed by atoms with E-state index in [0.717, 1.165) is 38.0 Å². The fourth-order valence-corrected chi connectivity index (χ4v) is 2.76. The summed E-state index contributed by atoms with van der Waals surface area (Å²) in [5.41, 5.74) is 0.778. The predicted molar refractivity (Wildman–Crippen MR) is 101 cm³/mol. The van der Waals surface area contributed by atoms with Crippen molar-refractivity contribution >= 4 is 10.4 Å². The van der Waals surface area contributed by atoms with Crippen LogP contribution in [0.25, 0.3) is 0 Å². The molecule has 0 aliphatic rings. The van der Waals surface area contributed by atoms with Gasteiger partial charge in [0.15, 0.2) is 0 Å². The Kier molecular flexibility index (Phi) is 20.9. The van der Waals surface area contributed by atoms with Gasteiger partial charge in [-0.05, 0) is 38.3 Å². The second-order valence-electron chi connectivity index (χ2n) is 5.75. The van der Waals surface area contributed by atoms with E-state index in [1.807, 2.05) is 19.9 Å². The third-order valence-electron chi connectivity index (χ3n) is 3.62. The van der Waals surface area contributed by atoms with E-state index in [2.05, 4.69) is 11.1 Å². The van der Waals surface area contributed by atoms with Crippen LogP contribution in [0, 0.1) is 0 Å². The summed E-state index contributed by atoms with van der Waals surface area (Å²) in [7, 11) is -4.70. The molecule has 1 aromatic rings. The molecule has 0 heterocycles. The third kappa shape index (κ3) is 17.9. The van der Waals surface area contributed by atoms with Crippen molar-refractivity contribution in [1.82, 2.24) is 0 Å². The van der Waals surface area contributed by atoms with E-state index in [-0.39, 0.29) is 57.1 Å². The van der Waals surface area contributed by atoms with Crippen LogP contribution in [-0.4, -0.2) is 26.2 Å². The second-order valence-corrected chi connectivity index (χ2v) is 6.74. The van der Waals surface area contributed by atoms with Crippen molar-refractivity contribution in [3.05, 3.63) is 29.8 Å². The van der Waals surface area contributed by atoms with Crippen molar-refractivity contribution in [2.75, 3.05) is 13.2 Å². The molecule has 0 spiro atoms. The molecule has 0 radical (unpaired) electrons. The second kappa shape index (κ2) is 18.9. The molecule has 0 atom stereocenters. The molecule has 0 aromatic heterocycles. The standard InChI is InChI=1S/C15H24O4S.C4H10O.K/c1-2-3-4-5-6-7-8-11-14-12-9-10-13-15(14)19-20(16,17)18;1-3-5-4-2;/h9-10,12-13H,2-8,11H2,1H3,(H,16,17,18);3-4H2,1-2H3;/q;;+1/p-1. The minimum Gasteiger partial charge on any atom is -0.716 e. The fourth-order valence-electron chi connectivity index (χ4n) is 2.38. The summed E-state index contributed by atoms with van der Waals surface area (Å²) in [4.78, 5) is 0. The van der Waals surface area contributed by atoms with E-state index >= 15 is 0 Å². The van der Waals surface area contributed by atoms with E-state index in [9.17, 15) is 13.0 Å². The maximum Gasteiger partial charge on any atom is 1.00 e. The van der Waals surface area contributed by atoms with E-state index in [1.165, 1.54) is 38.2 Å². The molecule has 5 nitrogen and oxygen atoms in total. The maximum atomic E-state index is 10.7. The minimum absolute atomic E-state index is 0. The van der Waals surface area contributed by atoms with Crippen LogP contribution in [0.2, 0.25) is 0 Å². The third-order valence-corrected chi connectivity index (χ3v) is 4.01. The van der Waals surface area contributed by atoms with Gasteiger partial charge in [-0.1, -0.05) is 63.6 Å². The Balaban J connectivity index is 0. The van der Waals surface area contributed by atoms with Gasteiger partial charge in [0.05, 0.1) is 0 Å². The first-order chi connectivity index (χ1) is 11.9. The molecular weight excluding hydrogens is 379 g/mol. The molecule has 0 fully saturated rings. The Morgan fingerprint density at radius 3 is 1.92 bits per heavy atom. The maximum absolute atomic E-state index is 10.7. The Morgan fingerprint density at radius 2 is 1.42 bits per heavy atom. The number of aryl methyl sites for hydroxylation is 1. The van der Waals surface area contributed by atoms with Crippen molar-refractivity contribution in [1.29, 1.82) is 0 Å². The zero-order valence-corrected chi connectivity index (χ0v) is 20.8. The van der Waals surface area contributed by atoms with Crippen LogP contribution < -0.4 is 55.6 Å². The molecule has 0 unspecified atom stereocenters. The van der Waals surface area contributed by atoms with Crippen LogP contribution in [-0.2, 0) is 21.6 Å². The number of hydrogen-bond acceptors (Lipinski definition) is 5. The fraction of sp³-hybridized carbons (Fsp3) is 0.684. The molecule has 0 saturated carbocycles. The first-order valence-corrected chi connectivity index (χ1v) is 10.6. The van der Waals surface area contributed by atoms with Crippen LogP contribution in [0.4, 0.5) is 0 Å². The van der Waals surface area contributed by atoms with Crippen molar-refractivity contribution in [2.45, 2.75) is 72.1 Å². The van der Waals surface area contributed by atoms with Crippen molar-refractivity contribution in [3.63, 3.8) is 0 Å². The van der Waals surface area contributed by atoms with Gasteiger partial charge in [0.2, 0.25) is 0 Å². The first-order valence-electron chi connectivity index (χ1n) is 9.25. The average molecular weight is 413 g/mol. The van der Waals surface area contributed by atoms with Crippen LogP contribution in [0.5, 0.6) is 5.75 Å². The van der Waals surface area contributed by atoms with E-state index in [0.29, 0.717) is 0 Å². The number of rotatable bonds is 12. The topological polar surface area (TPSA) is 75.7 Å². The molecule has 0 N–H and O–H groups in total. The van der Waals surface area contributed by atoms with E-state index in [1.54, 1.807) is 12.1 Å². The van der Waals surface area contributed by atoms with Gasteiger partial charge in [-0.25, -0.2) is 8.42 Å². The molecule has 0 aliphatic heterocycles. The van der Waals surface area contributed by atoms with Gasteiger partial charge in [0, 0.05) is 13.2 Å². The van der Waals surface area contributed by atoms with Crippen molar-refractivity contribution < 1.29 is 73.3 Å². The smallest absolute Gasteiger partial charge is 0.716 e. The summed E-state index contributed by atoms with van der Waals surface area (Å²) in [6.07, 6.45) is 9.09. The molecule has 0 aliphatic carbocycles. The number of benzene rings is 1. The summed E-state index contributed by atoms with van der Waals surface area (Å²) < 4.78 is 41.2. The van der Waals surface area contributed by atoms with Gasteiger partial charge in [-0.15, -0.1) is 0 Å². The van der Waals surface area contributed by atoms with Gasteiger partial charge in [0.1, 0.15) is 5.75 Å². The Morgan fingerprint density at radius 1 is 0.885 bits per heavy atom. The Labute approximate surface area is 202 Å². The average Bonchev–Trinajstić information content (AvgIpc) is 2.55. The van der Waals surface area contributed by atoms with Gasteiger partial charge >= 0.3 is 51.4 Å². The summed E-state index contributed by atoms with van der Waals surface area (Å²) in [5, 5.41) is 0. The van der Waals surface area contributed by atoms with Gasteiger partial charge in [-0.2, -0.15) is 0 Å². The van der Waals surface area contributed by atoms with Gasteiger partial charge in [0.25, 0.3) is 10.4 Å². The van der Waals surface area contributed by atoms with Crippen LogP contribution in [0.15, 0.2) is 24.3 Å². The monoisotopic (exact) mass is 412 g/mol. The van der Waals surface area contributed by atoms with Crippen molar-refractivity contribution in [2.24, 2.45) is 0 Å². The van der Waals surface area contributed by atoms with Gasteiger partial charge in [-0.3, -0.25) is 0 Å². The molecule has 7 heteroatoms. The van der Waals surface area contributed by atoms with Gasteiger partial charge < -0.3 is 13.5 Å². The zero-order valence-electron chi connectivity index (χ0n) is 16.8. The van der Waals surface area contributed by atoms with Crippen LogP contribution in [0.3, 0.4) is 0 Å². The Bertz CT molecular complexity index is 532. The first kappa shape index (κ1) is 28.7. The molecular formula is C19H33KO5S. The largest absolute Gasteiger partial charge is 1.00 e. The van der Waals surface area contributed by atoms with Crippen molar-refractivity contribution in [3.8, 4) is 5.75 Å². The van der Waals surface area contributed by atoms with E-state index < -0.39 is 10.4 Å². The molecule has 146 valence electrons. The SMILES string of the molecule is CCCCCCCCCc1ccccc1OS(=O)(=O)[O-].CCOCC.[K+]. The Hall–Kier alpha value is 0.526. The number of hydrogen-bond donors (Lipinski definition) is 0. The predicted octanol–water partition coefficient (Wildman–Crippen LogP) is 1.87. The van der Waals surface area contributed by atoms with Crippen LogP contribution >= 0.6 is 0 Å². The summed E-state index contributed by atoms with van der Waals surface area (Å²) in [6, 6.07) is 6.80. The molecule has 1 aromatic carbocycles. The zero-order chi connectivity index (χ0) is 19.0. The number of para-hydroxylation sites is 1. The summed E-state index contributed by atoms with van der Waals surface area (Å²) in [5.74, 6) is 0.161. The molecule has 0 bridgehead atoms. The molecule has 0 amide bonds. The van der Waals surface area contributed by atoms with E-state index in [4.69, 9.17) is 4.74 Å². The molecule has 0 saturated heterocycles. The molecule has 1 rings (SSSR count). The number of unbranched alkanes of at least 4 members (excludes halogenated alkanes) is 6. The quantitative estimate of drug-likeness (QED) is 0.227. The summed E-state index contributed by atoms with van der Waals surface area (Å²) in [6.45, 7) is 7.86. The molecule has 26 heavy (non-hydrogen) atoms.